The monoisotopic (exact) mass is 584 g/mol. The van der Waals surface area contributed by atoms with Crippen LogP contribution in [0.15, 0.2) is 54.1 Å². The van der Waals surface area contributed by atoms with Crippen LogP contribution in [0, 0.1) is 5.82 Å². The van der Waals surface area contributed by atoms with Gasteiger partial charge in [-0.3, -0.25) is 4.98 Å². The topological polar surface area (TPSA) is 110 Å². The van der Waals surface area contributed by atoms with Gasteiger partial charge >= 0.3 is 6.01 Å². The Bertz CT molecular complexity index is 1720. The molecule has 8 rings (SSSR count). The number of allylic oxidation sites excluding steroid dienone is 1. The predicted octanol–water partition coefficient (Wildman–Crippen LogP) is 5.50. The highest BCUT2D eigenvalue weighted by Crippen LogP contribution is 2.41. The molecule has 2 aromatic carbocycles. The van der Waals surface area contributed by atoms with Crippen LogP contribution in [0.2, 0.25) is 0 Å². The summed E-state index contributed by atoms with van der Waals surface area (Å²) in [5, 5.41) is 12.6. The van der Waals surface area contributed by atoms with Crippen molar-refractivity contribution in [2.24, 2.45) is 5.73 Å². The summed E-state index contributed by atoms with van der Waals surface area (Å²) >= 11 is 0. The van der Waals surface area contributed by atoms with Crippen molar-refractivity contribution in [1.29, 1.82) is 0 Å². The van der Waals surface area contributed by atoms with Gasteiger partial charge in [0.15, 0.2) is 5.82 Å². The van der Waals surface area contributed by atoms with Crippen molar-refractivity contribution in [3.63, 3.8) is 0 Å². The number of nitrogens with zero attached hydrogens (tertiary/aromatic N) is 5. The van der Waals surface area contributed by atoms with Gasteiger partial charge in [-0.15, -0.1) is 0 Å². The van der Waals surface area contributed by atoms with Crippen LogP contribution >= 0.6 is 0 Å². The van der Waals surface area contributed by atoms with E-state index in [0.29, 0.717) is 36.5 Å². The third kappa shape index (κ3) is 4.92. The maximum Gasteiger partial charge on any atom is 0.324 e. The van der Waals surface area contributed by atoms with Crippen LogP contribution < -0.4 is 15.4 Å². The second-order valence-electron chi connectivity index (χ2n) is 11.7. The number of rotatable bonds is 4. The van der Waals surface area contributed by atoms with E-state index in [9.17, 15) is 5.11 Å². The SMILES string of the molecule is CN.Oc1cc(-c2ncc3c(N4CCOC5(CCCC5)C4)nc(OC4=C5CCCN5CC4)nc3c2F)c2ccccc2c1. The lowest BCUT2D eigenvalue weighted by molar-refractivity contribution is -0.0502. The molecule has 224 valence electrons. The number of halogens is 1. The minimum Gasteiger partial charge on any atom is -0.508 e. The Morgan fingerprint density at radius 1 is 0.977 bits per heavy atom. The number of nitrogens with two attached hydrogens (primary N) is 1. The summed E-state index contributed by atoms with van der Waals surface area (Å²) in [6.45, 7) is 3.92. The summed E-state index contributed by atoms with van der Waals surface area (Å²) in [6, 6.07) is 11.0. The molecule has 9 nitrogen and oxygen atoms in total. The molecule has 0 bridgehead atoms. The molecule has 4 aliphatic rings. The molecular weight excluding hydrogens is 547 g/mol. The molecule has 0 unspecified atom stereocenters. The van der Waals surface area contributed by atoms with Crippen LogP contribution in [0.25, 0.3) is 32.9 Å². The second kappa shape index (κ2) is 11.2. The van der Waals surface area contributed by atoms with E-state index in [4.69, 9.17) is 14.5 Å². The van der Waals surface area contributed by atoms with Crippen LogP contribution in [0.5, 0.6) is 11.8 Å². The molecule has 5 heterocycles. The number of aromatic hydroxyl groups is 1. The van der Waals surface area contributed by atoms with Gasteiger partial charge in [-0.05, 0) is 55.6 Å². The molecule has 2 aromatic heterocycles. The van der Waals surface area contributed by atoms with Crippen molar-refractivity contribution >= 4 is 27.5 Å². The number of phenolic OH excluding ortho intramolecular Hbond substituents is 1. The number of anilines is 1. The molecule has 0 radical (unpaired) electrons. The number of fused-ring (bicyclic) bond motifs is 3. The van der Waals surface area contributed by atoms with E-state index in [1.54, 1.807) is 18.3 Å². The first kappa shape index (κ1) is 27.8. The number of phenols is 1. The van der Waals surface area contributed by atoms with E-state index in [1.807, 2.05) is 24.3 Å². The molecule has 1 spiro atoms. The van der Waals surface area contributed by atoms with Crippen LogP contribution in [-0.4, -0.2) is 70.4 Å². The quantitative estimate of drug-likeness (QED) is 0.321. The van der Waals surface area contributed by atoms with E-state index in [1.165, 1.54) is 12.7 Å². The summed E-state index contributed by atoms with van der Waals surface area (Å²) in [7, 11) is 1.50. The van der Waals surface area contributed by atoms with Crippen molar-refractivity contribution < 1.29 is 19.0 Å². The van der Waals surface area contributed by atoms with Gasteiger partial charge in [-0.25, -0.2) is 4.39 Å². The Kier molecular flexibility index (Phi) is 7.26. The van der Waals surface area contributed by atoms with Gasteiger partial charge in [0.25, 0.3) is 0 Å². The molecular formula is C33H37FN6O3. The lowest BCUT2D eigenvalue weighted by Gasteiger charge is -2.41. The van der Waals surface area contributed by atoms with E-state index in [-0.39, 0.29) is 28.6 Å². The molecule has 0 atom stereocenters. The standard InChI is InChI=1S/C32H32FN5O3.CH5N/c33-27-28(23-17-21(39)16-20-6-1-2-7-22(20)23)34-18-24-29(27)35-31(41-26-9-13-37-12-5-8-25(26)37)36-30(24)38-14-15-40-32(19-38)10-3-4-11-32;1-2/h1-2,6-7,16-18,39H,3-5,8-15,19H2;2H2,1H3. The number of pyridine rings is 1. The molecule has 2 saturated heterocycles. The summed E-state index contributed by atoms with van der Waals surface area (Å²) in [5.74, 6) is 1.02. The molecule has 1 saturated carbocycles. The first-order valence-corrected chi connectivity index (χ1v) is 15.3. The highest BCUT2D eigenvalue weighted by Gasteiger charge is 2.40. The number of aromatic nitrogens is 3. The zero-order valence-corrected chi connectivity index (χ0v) is 24.5. The van der Waals surface area contributed by atoms with Crippen LogP contribution in [0.1, 0.15) is 44.9 Å². The largest absolute Gasteiger partial charge is 0.508 e. The number of benzene rings is 2. The Labute approximate surface area is 250 Å². The van der Waals surface area contributed by atoms with Gasteiger partial charge in [0, 0.05) is 44.4 Å². The number of hydrogen-bond donors (Lipinski definition) is 2. The van der Waals surface area contributed by atoms with Crippen LogP contribution in [-0.2, 0) is 4.74 Å². The van der Waals surface area contributed by atoms with E-state index >= 15 is 4.39 Å². The highest BCUT2D eigenvalue weighted by atomic mass is 19.1. The fraction of sp³-hybridized carbons (Fsp3) is 0.424. The van der Waals surface area contributed by atoms with Gasteiger partial charge in [-0.1, -0.05) is 37.1 Å². The molecule has 1 aliphatic carbocycles. The Hall–Kier alpha value is -4.02. The summed E-state index contributed by atoms with van der Waals surface area (Å²) in [5.41, 5.74) is 6.35. The van der Waals surface area contributed by atoms with Crippen molar-refractivity contribution in [2.45, 2.75) is 50.5 Å². The van der Waals surface area contributed by atoms with Crippen molar-refractivity contribution in [1.82, 2.24) is 19.9 Å². The highest BCUT2D eigenvalue weighted by molar-refractivity contribution is 5.99. The number of ether oxygens (including phenoxy) is 2. The zero-order chi connectivity index (χ0) is 29.6. The molecule has 10 heteroatoms. The van der Waals surface area contributed by atoms with Gasteiger partial charge in [0.2, 0.25) is 0 Å². The molecule has 43 heavy (non-hydrogen) atoms. The third-order valence-corrected chi connectivity index (χ3v) is 9.18. The van der Waals surface area contributed by atoms with Crippen molar-refractivity contribution in [3.8, 4) is 23.0 Å². The average molecular weight is 585 g/mol. The Morgan fingerprint density at radius 2 is 1.81 bits per heavy atom. The average Bonchev–Trinajstić information content (AvgIpc) is 3.78. The molecule has 3 aliphatic heterocycles. The maximum absolute atomic E-state index is 16.6. The minimum absolute atomic E-state index is 0.0540. The predicted molar refractivity (Wildman–Crippen MR) is 164 cm³/mol. The van der Waals surface area contributed by atoms with Gasteiger partial charge in [0.05, 0.1) is 23.3 Å². The zero-order valence-electron chi connectivity index (χ0n) is 24.5. The molecule has 3 fully saturated rings. The maximum atomic E-state index is 16.6. The lowest BCUT2D eigenvalue weighted by atomic mass is 9.99. The minimum atomic E-state index is -0.554. The van der Waals surface area contributed by atoms with Crippen LogP contribution in [0.4, 0.5) is 10.2 Å². The smallest absolute Gasteiger partial charge is 0.324 e. The number of morpholine rings is 1. The van der Waals surface area contributed by atoms with Gasteiger partial charge in [0.1, 0.15) is 28.5 Å². The van der Waals surface area contributed by atoms with Gasteiger partial charge < -0.3 is 30.1 Å². The lowest BCUT2D eigenvalue weighted by Crippen LogP contribution is -2.50. The molecule has 4 aromatic rings. The molecule has 0 amide bonds. The van der Waals surface area contributed by atoms with Gasteiger partial charge in [-0.2, -0.15) is 9.97 Å². The van der Waals surface area contributed by atoms with E-state index in [2.05, 4.69) is 25.5 Å². The van der Waals surface area contributed by atoms with Crippen molar-refractivity contribution in [3.05, 3.63) is 59.9 Å². The fourth-order valence-corrected chi connectivity index (χ4v) is 7.23. The summed E-state index contributed by atoms with van der Waals surface area (Å²) in [4.78, 5) is 18.7. The fourth-order valence-electron chi connectivity index (χ4n) is 7.23. The third-order valence-electron chi connectivity index (χ3n) is 9.18. The molecule has 3 N–H and O–H groups in total. The first-order chi connectivity index (χ1) is 21.1. The normalized spacial score (nSPS) is 19.3. The Balaban J connectivity index is 0.00000147. The first-order valence-electron chi connectivity index (χ1n) is 15.3. The van der Waals surface area contributed by atoms with Crippen LogP contribution in [0.3, 0.4) is 0 Å². The van der Waals surface area contributed by atoms with Crippen molar-refractivity contribution in [2.75, 3.05) is 44.7 Å². The summed E-state index contributed by atoms with van der Waals surface area (Å²) in [6.07, 6.45) is 8.89. The van der Waals surface area contributed by atoms with E-state index in [0.717, 1.165) is 74.6 Å². The van der Waals surface area contributed by atoms with E-state index < -0.39 is 5.82 Å². The second-order valence-corrected chi connectivity index (χ2v) is 11.7. The number of hydrogen-bond acceptors (Lipinski definition) is 9. The summed E-state index contributed by atoms with van der Waals surface area (Å²) < 4.78 is 29.3. The Morgan fingerprint density at radius 3 is 2.67 bits per heavy atom.